The van der Waals surface area contributed by atoms with Gasteiger partial charge in [-0.3, -0.25) is 0 Å². The van der Waals surface area contributed by atoms with Crippen LogP contribution in [0.4, 0.5) is 0 Å². The first-order valence-corrected chi connectivity index (χ1v) is 5.70. The number of methoxy groups -OCH3 is 1. The molecule has 2 N–H and O–H groups in total. The number of rotatable bonds is 3. The van der Waals surface area contributed by atoms with Gasteiger partial charge in [0.05, 0.1) is 12.8 Å². The fourth-order valence-corrected chi connectivity index (χ4v) is 2.01. The van der Waals surface area contributed by atoms with Crippen molar-refractivity contribution in [3.05, 3.63) is 29.3 Å². The molecule has 0 fully saturated rings. The summed E-state index contributed by atoms with van der Waals surface area (Å²) in [7, 11) is 1.60. The molecule has 0 radical (unpaired) electrons. The molecule has 0 bridgehead atoms. The van der Waals surface area contributed by atoms with E-state index in [0.717, 1.165) is 16.1 Å². The lowest BCUT2D eigenvalue weighted by Crippen LogP contribution is -2.01. The molecule has 0 saturated heterocycles. The van der Waals surface area contributed by atoms with Crippen LogP contribution in [-0.2, 0) is 0 Å². The number of aromatic nitrogens is 2. The van der Waals surface area contributed by atoms with Crippen molar-refractivity contribution < 1.29 is 4.74 Å². The number of hydrogen-bond acceptors (Lipinski definition) is 5. The number of ether oxygens (including phenoxy) is 1. The van der Waals surface area contributed by atoms with Gasteiger partial charge in [0.2, 0.25) is 5.88 Å². The third kappa shape index (κ3) is 3.15. The van der Waals surface area contributed by atoms with Gasteiger partial charge in [-0.2, -0.15) is 4.37 Å². The minimum atomic E-state index is 0. The molecular weight excluding hydrogens is 258 g/mol. The van der Waals surface area contributed by atoms with E-state index in [1.54, 1.807) is 13.3 Å². The minimum Gasteiger partial charge on any atom is -0.481 e. The van der Waals surface area contributed by atoms with Crippen LogP contribution >= 0.6 is 23.9 Å². The zero-order chi connectivity index (χ0) is 11.5. The summed E-state index contributed by atoms with van der Waals surface area (Å²) < 4.78 is 9.43. The highest BCUT2D eigenvalue weighted by Gasteiger charge is 2.08. The van der Waals surface area contributed by atoms with Gasteiger partial charge in [0, 0.05) is 28.7 Å². The summed E-state index contributed by atoms with van der Waals surface area (Å²) >= 11 is 1.43. The molecule has 0 spiro atoms. The van der Waals surface area contributed by atoms with E-state index in [2.05, 4.69) is 9.36 Å². The van der Waals surface area contributed by atoms with Gasteiger partial charge in [0.25, 0.3) is 0 Å². The maximum Gasteiger partial charge on any atom is 0.213 e. The molecule has 0 aliphatic heterocycles. The van der Waals surface area contributed by atoms with E-state index in [-0.39, 0.29) is 18.4 Å². The Kier molecular flexibility index (Phi) is 4.86. The quantitative estimate of drug-likeness (QED) is 0.932. The molecule has 2 aromatic rings. The Balaban J connectivity index is 0.00000144. The lowest BCUT2D eigenvalue weighted by Gasteiger charge is -2.00. The van der Waals surface area contributed by atoms with Crippen molar-refractivity contribution in [1.82, 2.24) is 9.36 Å². The monoisotopic (exact) mass is 271 g/mol. The fraction of sp³-hybridized carbons (Fsp3) is 0.273. The summed E-state index contributed by atoms with van der Waals surface area (Å²) in [6.45, 7) is 1.95. The van der Waals surface area contributed by atoms with Crippen LogP contribution in [0.15, 0.2) is 24.4 Å². The van der Waals surface area contributed by atoms with Crippen molar-refractivity contribution in [1.29, 1.82) is 0 Å². The zero-order valence-corrected chi connectivity index (χ0v) is 11.2. The highest BCUT2D eigenvalue weighted by Crippen LogP contribution is 2.26. The molecule has 0 amide bonds. The number of pyridine rings is 1. The van der Waals surface area contributed by atoms with E-state index in [4.69, 9.17) is 10.5 Å². The smallest absolute Gasteiger partial charge is 0.213 e. The average molecular weight is 272 g/mol. The lowest BCUT2D eigenvalue weighted by atomic mass is 10.1. The maximum absolute atomic E-state index is 5.79. The topological polar surface area (TPSA) is 61.0 Å². The molecule has 0 aromatic carbocycles. The molecule has 1 atom stereocenters. The summed E-state index contributed by atoms with van der Waals surface area (Å²) in [6, 6.07) is 5.79. The number of hydrogen-bond donors (Lipinski definition) is 1. The molecule has 4 nitrogen and oxygen atoms in total. The van der Waals surface area contributed by atoms with E-state index >= 15 is 0 Å². The van der Waals surface area contributed by atoms with Crippen LogP contribution in [0, 0.1) is 0 Å². The van der Waals surface area contributed by atoms with E-state index < -0.39 is 0 Å². The Morgan fingerprint density at radius 3 is 2.76 bits per heavy atom. The Bertz CT molecular complexity index is 487. The van der Waals surface area contributed by atoms with Crippen molar-refractivity contribution in [2.45, 2.75) is 13.0 Å². The minimum absolute atomic E-state index is 0. The Hall–Kier alpha value is -1.17. The van der Waals surface area contributed by atoms with Gasteiger partial charge in [-0.15, -0.1) is 12.4 Å². The number of nitrogens with two attached hydrogens (primary N) is 1. The first-order valence-electron chi connectivity index (χ1n) is 4.93. The largest absolute Gasteiger partial charge is 0.481 e. The van der Waals surface area contributed by atoms with Crippen LogP contribution in [0.3, 0.4) is 0 Å². The summed E-state index contributed by atoms with van der Waals surface area (Å²) in [6.07, 6.45) is 1.71. The molecule has 1 unspecified atom stereocenters. The Labute approximate surface area is 110 Å². The summed E-state index contributed by atoms with van der Waals surface area (Å²) in [5.74, 6) is 0.591. The fourth-order valence-electron chi connectivity index (χ4n) is 1.32. The first kappa shape index (κ1) is 13.9. The normalized spacial score (nSPS) is 11.7. The van der Waals surface area contributed by atoms with Gasteiger partial charge in [-0.25, -0.2) is 4.98 Å². The highest BCUT2D eigenvalue weighted by atomic mass is 35.5. The second kappa shape index (κ2) is 5.95. The molecular formula is C11H14ClN3OS. The van der Waals surface area contributed by atoms with E-state index in [9.17, 15) is 0 Å². The molecule has 0 aliphatic rings. The lowest BCUT2D eigenvalue weighted by molar-refractivity contribution is 0.398. The standard InChI is InChI=1S/C11H13N3OS.ClH/c1-7(12)10-6-9(14-16-10)8-3-4-13-11(5-8)15-2;/h3-7H,12H2,1-2H3;1H. The highest BCUT2D eigenvalue weighted by molar-refractivity contribution is 7.06. The van der Waals surface area contributed by atoms with Crippen molar-refractivity contribution in [3.8, 4) is 17.1 Å². The molecule has 2 aromatic heterocycles. The molecule has 92 valence electrons. The van der Waals surface area contributed by atoms with Gasteiger partial charge in [0.1, 0.15) is 0 Å². The van der Waals surface area contributed by atoms with E-state index in [1.165, 1.54) is 11.5 Å². The SMILES string of the molecule is COc1cc(-c2cc(C(C)N)sn2)ccn1.Cl. The van der Waals surface area contributed by atoms with Crippen molar-refractivity contribution in [2.75, 3.05) is 7.11 Å². The Morgan fingerprint density at radius 1 is 1.41 bits per heavy atom. The van der Waals surface area contributed by atoms with Gasteiger partial charge < -0.3 is 10.5 Å². The van der Waals surface area contributed by atoms with Crippen molar-refractivity contribution >= 4 is 23.9 Å². The summed E-state index contributed by atoms with van der Waals surface area (Å²) in [5, 5.41) is 0. The summed E-state index contributed by atoms with van der Waals surface area (Å²) in [4.78, 5) is 5.13. The molecule has 0 saturated carbocycles. The molecule has 6 heteroatoms. The van der Waals surface area contributed by atoms with Crippen LogP contribution in [0.25, 0.3) is 11.3 Å². The van der Waals surface area contributed by atoms with Gasteiger partial charge in [-0.1, -0.05) is 0 Å². The Morgan fingerprint density at radius 2 is 2.18 bits per heavy atom. The zero-order valence-electron chi connectivity index (χ0n) is 9.58. The van der Waals surface area contributed by atoms with Gasteiger partial charge in [-0.05, 0) is 30.6 Å². The van der Waals surface area contributed by atoms with Crippen LogP contribution in [-0.4, -0.2) is 16.5 Å². The van der Waals surface area contributed by atoms with Crippen LogP contribution in [0.2, 0.25) is 0 Å². The second-order valence-corrected chi connectivity index (χ2v) is 4.33. The van der Waals surface area contributed by atoms with Gasteiger partial charge in [0.15, 0.2) is 0 Å². The average Bonchev–Trinajstić information content (AvgIpc) is 2.78. The van der Waals surface area contributed by atoms with Crippen LogP contribution in [0.5, 0.6) is 5.88 Å². The molecule has 2 rings (SSSR count). The van der Waals surface area contributed by atoms with Crippen LogP contribution < -0.4 is 10.5 Å². The molecule has 0 aliphatic carbocycles. The summed E-state index contributed by atoms with van der Waals surface area (Å²) in [5.41, 5.74) is 7.70. The number of halogens is 1. The third-order valence-electron chi connectivity index (χ3n) is 2.22. The van der Waals surface area contributed by atoms with Crippen molar-refractivity contribution in [2.24, 2.45) is 5.73 Å². The predicted molar refractivity (Wildman–Crippen MR) is 71.7 cm³/mol. The second-order valence-electron chi connectivity index (χ2n) is 3.49. The molecule has 2 heterocycles. The first-order chi connectivity index (χ1) is 7.70. The predicted octanol–water partition coefficient (Wildman–Crippen LogP) is 2.66. The third-order valence-corrected chi connectivity index (χ3v) is 3.21. The van der Waals surface area contributed by atoms with E-state index in [0.29, 0.717) is 5.88 Å². The molecule has 17 heavy (non-hydrogen) atoms. The maximum atomic E-state index is 5.79. The van der Waals surface area contributed by atoms with Crippen molar-refractivity contribution in [3.63, 3.8) is 0 Å². The van der Waals surface area contributed by atoms with Crippen LogP contribution in [0.1, 0.15) is 17.8 Å². The van der Waals surface area contributed by atoms with E-state index in [1.807, 2.05) is 25.1 Å². The van der Waals surface area contributed by atoms with Gasteiger partial charge >= 0.3 is 0 Å². The number of nitrogens with zero attached hydrogens (tertiary/aromatic N) is 2.